The van der Waals surface area contributed by atoms with Gasteiger partial charge in [0.1, 0.15) is 31.0 Å². The zero-order valence-corrected chi connectivity index (χ0v) is 41.2. The first-order chi connectivity index (χ1) is 31.8. The molecule has 6 atom stereocenters. The van der Waals surface area contributed by atoms with Crippen LogP contribution in [0.3, 0.4) is 0 Å². The van der Waals surface area contributed by atoms with E-state index in [1.54, 1.807) is 0 Å². The van der Waals surface area contributed by atoms with Crippen molar-refractivity contribution in [2.24, 2.45) is 0 Å². The molecule has 10 nitrogen and oxygen atoms in total. The summed E-state index contributed by atoms with van der Waals surface area (Å²) in [4.78, 5) is 25.4. The Balaban J connectivity index is 2.26. The topological polar surface area (TPSA) is 152 Å². The van der Waals surface area contributed by atoms with E-state index in [1.165, 1.54) is 128 Å². The van der Waals surface area contributed by atoms with E-state index in [-0.39, 0.29) is 32.0 Å². The zero-order valence-electron chi connectivity index (χ0n) is 41.2. The molecule has 0 aromatic heterocycles. The van der Waals surface area contributed by atoms with Gasteiger partial charge in [0.05, 0.1) is 13.2 Å². The van der Waals surface area contributed by atoms with E-state index >= 15 is 0 Å². The second kappa shape index (κ2) is 45.2. The van der Waals surface area contributed by atoms with Crippen LogP contribution >= 0.6 is 0 Å². The highest BCUT2D eigenvalue weighted by Crippen LogP contribution is 2.23. The first kappa shape index (κ1) is 60.4. The minimum Gasteiger partial charge on any atom is -0.462 e. The molecular formula is C55H96O10. The van der Waals surface area contributed by atoms with E-state index in [9.17, 15) is 30.0 Å². The van der Waals surface area contributed by atoms with Gasteiger partial charge in [-0.15, -0.1) is 0 Å². The number of hydrogen-bond acceptors (Lipinski definition) is 10. The van der Waals surface area contributed by atoms with Gasteiger partial charge in [-0.05, 0) is 51.4 Å². The van der Waals surface area contributed by atoms with Crippen molar-refractivity contribution in [1.29, 1.82) is 0 Å². The Morgan fingerprint density at radius 2 is 0.908 bits per heavy atom. The summed E-state index contributed by atoms with van der Waals surface area (Å²) < 4.78 is 22.2. The van der Waals surface area contributed by atoms with Gasteiger partial charge in [0.15, 0.2) is 12.4 Å². The molecule has 0 amide bonds. The minimum atomic E-state index is -1.61. The monoisotopic (exact) mass is 917 g/mol. The quantitative estimate of drug-likeness (QED) is 0.0264. The summed E-state index contributed by atoms with van der Waals surface area (Å²) in [5.74, 6) is -0.869. The van der Waals surface area contributed by atoms with Crippen LogP contribution in [0.15, 0.2) is 60.8 Å². The molecule has 1 saturated heterocycles. The van der Waals surface area contributed by atoms with Crippen molar-refractivity contribution in [1.82, 2.24) is 0 Å². The SMILES string of the molecule is CC/C=C\C/C=C\C/C=C\C/C=C\C/C=C\CCCC(=O)OC(COC(=O)CCCCCCCCCCCCCCCCCCCCCCCCC)COC1OC(CO)C(O)C(O)C1O. The predicted octanol–water partition coefficient (Wildman–Crippen LogP) is 12.6. The van der Waals surface area contributed by atoms with Crippen molar-refractivity contribution in [2.45, 2.75) is 256 Å². The lowest BCUT2D eigenvalue weighted by Crippen LogP contribution is -2.59. The number of allylic oxidation sites excluding steroid dienone is 10. The molecule has 6 unspecified atom stereocenters. The molecular weight excluding hydrogens is 821 g/mol. The maximum atomic E-state index is 12.8. The molecule has 1 rings (SSSR count). The van der Waals surface area contributed by atoms with E-state index in [2.05, 4.69) is 68.5 Å². The number of esters is 2. The van der Waals surface area contributed by atoms with Crippen LogP contribution in [0.25, 0.3) is 0 Å². The number of rotatable bonds is 44. The Morgan fingerprint density at radius 3 is 1.35 bits per heavy atom. The van der Waals surface area contributed by atoms with Gasteiger partial charge in [-0.25, -0.2) is 0 Å². The summed E-state index contributed by atoms with van der Waals surface area (Å²) in [5.41, 5.74) is 0. The third-order valence-electron chi connectivity index (χ3n) is 11.9. The third kappa shape index (κ3) is 36.2. The number of aliphatic hydroxyl groups is 4. The Hall–Kier alpha value is -2.60. The summed E-state index contributed by atoms with van der Waals surface area (Å²) in [6.07, 6.45) is 49.6. The third-order valence-corrected chi connectivity index (χ3v) is 11.9. The molecule has 4 N–H and O–H groups in total. The van der Waals surface area contributed by atoms with E-state index in [4.69, 9.17) is 18.9 Å². The first-order valence-corrected chi connectivity index (χ1v) is 26.4. The van der Waals surface area contributed by atoms with Gasteiger partial charge < -0.3 is 39.4 Å². The molecule has 1 aliphatic heterocycles. The first-order valence-electron chi connectivity index (χ1n) is 26.4. The van der Waals surface area contributed by atoms with Crippen molar-refractivity contribution in [3.8, 4) is 0 Å². The average Bonchev–Trinajstić information content (AvgIpc) is 3.30. The van der Waals surface area contributed by atoms with Gasteiger partial charge in [0, 0.05) is 12.8 Å². The lowest BCUT2D eigenvalue weighted by Gasteiger charge is -2.39. The molecule has 10 heteroatoms. The van der Waals surface area contributed by atoms with Gasteiger partial charge in [0.2, 0.25) is 0 Å². The lowest BCUT2D eigenvalue weighted by atomic mass is 9.99. The summed E-state index contributed by atoms with van der Waals surface area (Å²) in [6.45, 7) is 3.28. The number of aliphatic hydroxyl groups excluding tert-OH is 4. The molecule has 0 aromatic rings. The molecule has 0 spiro atoms. The molecule has 1 aliphatic rings. The Kier molecular flexibility index (Phi) is 42.0. The fraction of sp³-hybridized carbons (Fsp3) is 0.782. The molecule has 376 valence electrons. The predicted molar refractivity (Wildman–Crippen MR) is 265 cm³/mol. The second-order valence-electron chi connectivity index (χ2n) is 18.0. The van der Waals surface area contributed by atoms with Crippen LogP contribution in [0.5, 0.6) is 0 Å². The number of carbonyl (C=O) groups is 2. The number of carbonyl (C=O) groups excluding carboxylic acids is 2. The van der Waals surface area contributed by atoms with Crippen LogP contribution < -0.4 is 0 Å². The number of hydrogen-bond donors (Lipinski definition) is 4. The standard InChI is InChI=1S/C55H96O10/c1-3-5-7-9-11-13-15-17-19-21-22-23-24-25-26-28-29-31-33-35-37-39-41-43-50(57)62-46-48(47-63-55-54(61)53(60)52(59)49(45-56)65-55)64-51(58)44-42-40-38-36-34-32-30-27-20-18-16-14-12-10-8-6-4-2/h6,8,12,14,18,20,30,32,36,38,48-49,52-56,59-61H,3-5,7,9-11,13,15-17,19,21-29,31,33-35,37,39-47H2,1-2H3/b8-6-,14-12-,20-18-,32-30-,38-36-. The van der Waals surface area contributed by atoms with Crippen LogP contribution in [0.2, 0.25) is 0 Å². The largest absolute Gasteiger partial charge is 0.462 e. The van der Waals surface area contributed by atoms with Crippen molar-refractivity contribution in [2.75, 3.05) is 19.8 Å². The van der Waals surface area contributed by atoms with Crippen LogP contribution in [0.4, 0.5) is 0 Å². The van der Waals surface area contributed by atoms with Gasteiger partial charge in [-0.1, -0.05) is 216 Å². The van der Waals surface area contributed by atoms with E-state index in [1.807, 2.05) is 6.08 Å². The minimum absolute atomic E-state index is 0.151. The van der Waals surface area contributed by atoms with Crippen LogP contribution in [-0.2, 0) is 28.5 Å². The summed E-state index contributed by atoms with van der Waals surface area (Å²) in [6, 6.07) is 0. The molecule has 0 saturated carbocycles. The van der Waals surface area contributed by atoms with Gasteiger partial charge in [-0.3, -0.25) is 9.59 Å². The fourth-order valence-corrected chi connectivity index (χ4v) is 7.81. The molecule has 0 bridgehead atoms. The van der Waals surface area contributed by atoms with Gasteiger partial charge in [0.25, 0.3) is 0 Å². The van der Waals surface area contributed by atoms with Gasteiger partial charge in [-0.2, -0.15) is 0 Å². The van der Waals surface area contributed by atoms with Crippen molar-refractivity contribution in [3.05, 3.63) is 60.8 Å². The van der Waals surface area contributed by atoms with Crippen molar-refractivity contribution < 1.29 is 49.0 Å². The smallest absolute Gasteiger partial charge is 0.306 e. The molecule has 0 radical (unpaired) electrons. The maximum absolute atomic E-state index is 12.8. The van der Waals surface area contributed by atoms with E-state index in [0.717, 1.165) is 51.4 Å². The Morgan fingerprint density at radius 1 is 0.492 bits per heavy atom. The normalized spacial score (nSPS) is 19.8. The second-order valence-corrected chi connectivity index (χ2v) is 18.0. The molecule has 0 aromatic carbocycles. The van der Waals surface area contributed by atoms with E-state index in [0.29, 0.717) is 12.8 Å². The summed E-state index contributed by atoms with van der Waals surface area (Å²) in [7, 11) is 0. The highest BCUT2D eigenvalue weighted by atomic mass is 16.7. The molecule has 1 fully saturated rings. The van der Waals surface area contributed by atoms with Crippen LogP contribution in [0, 0.1) is 0 Å². The van der Waals surface area contributed by atoms with Crippen LogP contribution in [-0.4, -0.2) is 89.0 Å². The van der Waals surface area contributed by atoms with Crippen LogP contribution in [0.1, 0.15) is 219 Å². The summed E-state index contributed by atoms with van der Waals surface area (Å²) >= 11 is 0. The van der Waals surface area contributed by atoms with Crippen molar-refractivity contribution in [3.63, 3.8) is 0 Å². The molecule has 65 heavy (non-hydrogen) atoms. The van der Waals surface area contributed by atoms with Gasteiger partial charge >= 0.3 is 11.9 Å². The fourth-order valence-electron chi connectivity index (χ4n) is 7.81. The van der Waals surface area contributed by atoms with Crippen molar-refractivity contribution >= 4 is 11.9 Å². The molecule has 0 aliphatic carbocycles. The highest BCUT2D eigenvalue weighted by Gasteiger charge is 2.44. The van der Waals surface area contributed by atoms with E-state index < -0.39 is 49.4 Å². The lowest BCUT2D eigenvalue weighted by molar-refractivity contribution is -0.305. The summed E-state index contributed by atoms with van der Waals surface area (Å²) in [5, 5.41) is 40.2. The maximum Gasteiger partial charge on any atom is 0.306 e. The number of unbranched alkanes of at least 4 members (excludes halogenated alkanes) is 23. The molecule has 1 heterocycles. The Labute approximate surface area is 396 Å². The average molecular weight is 917 g/mol. The number of ether oxygens (including phenoxy) is 4. The highest BCUT2D eigenvalue weighted by molar-refractivity contribution is 5.70. The zero-order chi connectivity index (χ0) is 47.3. The Bertz CT molecular complexity index is 1240.